The number of benzene rings is 2. The standard InChI is InChI=1S/C20H25NO3/c22-18(12-21-9-7-20(14-21)8-10-23-15-20)13-24-19-6-5-16-3-1-2-4-17(16)11-19/h1-6,11,18,22H,7-10,12-15H2. The Labute approximate surface area is 143 Å². The molecule has 0 bridgehead atoms. The van der Waals surface area contributed by atoms with E-state index in [1.165, 1.54) is 11.8 Å². The minimum Gasteiger partial charge on any atom is -0.491 e. The molecule has 2 aliphatic heterocycles. The molecular formula is C20H25NO3. The summed E-state index contributed by atoms with van der Waals surface area (Å²) in [6, 6.07) is 14.3. The molecule has 128 valence electrons. The number of β-amino-alcohol motifs (C(OH)–C–C–N with tert-alkyl or cyclic N) is 1. The third-order valence-corrected chi connectivity index (χ3v) is 5.33. The number of aliphatic hydroxyl groups excluding tert-OH is 1. The molecule has 2 heterocycles. The Hall–Kier alpha value is -1.62. The summed E-state index contributed by atoms with van der Waals surface area (Å²) < 4.78 is 11.4. The lowest BCUT2D eigenvalue weighted by atomic mass is 9.87. The van der Waals surface area contributed by atoms with Gasteiger partial charge in [-0.3, -0.25) is 4.90 Å². The van der Waals surface area contributed by atoms with Gasteiger partial charge in [0.2, 0.25) is 0 Å². The average Bonchev–Trinajstić information content (AvgIpc) is 3.23. The molecule has 4 rings (SSSR count). The second kappa shape index (κ2) is 6.71. The van der Waals surface area contributed by atoms with Crippen LogP contribution in [0.3, 0.4) is 0 Å². The van der Waals surface area contributed by atoms with E-state index in [2.05, 4.69) is 23.1 Å². The van der Waals surface area contributed by atoms with Crippen molar-refractivity contribution in [3.05, 3.63) is 42.5 Å². The van der Waals surface area contributed by atoms with Crippen LogP contribution in [-0.4, -0.2) is 55.6 Å². The zero-order chi connectivity index (χ0) is 16.4. The molecule has 4 heteroatoms. The van der Waals surface area contributed by atoms with E-state index in [9.17, 15) is 5.11 Å². The van der Waals surface area contributed by atoms with E-state index < -0.39 is 6.10 Å². The highest BCUT2D eigenvalue weighted by Gasteiger charge is 2.41. The predicted octanol–water partition coefficient (Wildman–Crippen LogP) is 2.69. The van der Waals surface area contributed by atoms with Gasteiger partial charge in [-0.15, -0.1) is 0 Å². The van der Waals surface area contributed by atoms with Crippen molar-refractivity contribution in [2.75, 3.05) is 39.5 Å². The fourth-order valence-electron chi connectivity index (χ4n) is 3.96. The van der Waals surface area contributed by atoms with Gasteiger partial charge in [0.25, 0.3) is 0 Å². The Bertz CT molecular complexity index is 696. The van der Waals surface area contributed by atoms with Crippen LogP contribution in [0.25, 0.3) is 10.8 Å². The quantitative estimate of drug-likeness (QED) is 0.917. The van der Waals surface area contributed by atoms with Gasteiger partial charge in [-0.25, -0.2) is 0 Å². The summed E-state index contributed by atoms with van der Waals surface area (Å²) in [5.74, 6) is 0.815. The van der Waals surface area contributed by atoms with Gasteiger partial charge in [0.05, 0.1) is 6.61 Å². The first kappa shape index (κ1) is 15.9. The van der Waals surface area contributed by atoms with Gasteiger partial charge < -0.3 is 14.6 Å². The van der Waals surface area contributed by atoms with Gasteiger partial charge in [0, 0.05) is 25.1 Å². The van der Waals surface area contributed by atoms with Crippen LogP contribution in [-0.2, 0) is 4.74 Å². The number of ether oxygens (including phenoxy) is 2. The van der Waals surface area contributed by atoms with Gasteiger partial charge >= 0.3 is 0 Å². The van der Waals surface area contributed by atoms with Crippen molar-refractivity contribution in [2.45, 2.75) is 18.9 Å². The van der Waals surface area contributed by atoms with E-state index in [-0.39, 0.29) is 0 Å². The van der Waals surface area contributed by atoms with E-state index in [0.29, 0.717) is 18.6 Å². The van der Waals surface area contributed by atoms with Crippen molar-refractivity contribution >= 4 is 10.8 Å². The normalized spacial score (nSPS) is 25.5. The molecular weight excluding hydrogens is 302 g/mol. The monoisotopic (exact) mass is 327 g/mol. The molecule has 0 radical (unpaired) electrons. The Morgan fingerprint density at radius 3 is 2.88 bits per heavy atom. The highest BCUT2D eigenvalue weighted by atomic mass is 16.5. The number of hydrogen-bond acceptors (Lipinski definition) is 4. The summed E-state index contributed by atoms with van der Waals surface area (Å²) in [4.78, 5) is 2.35. The molecule has 2 atom stereocenters. The van der Waals surface area contributed by atoms with E-state index >= 15 is 0 Å². The molecule has 2 aliphatic rings. The van der Waals surface area contributed by atoms with E-state index in [0.717, 1.165) is 43.9 Å². The van der Waals surface area contributed by atoms with Crippen LogP contribution in [0.1, 0.15) is 12.8 Å². The molecule has 0 saturated carbocycles. The molecule has 1 N–H and O–H groups in total. The fourth-order valence-corrected chi connectivity index (χ4v) is 3.96. The summed E-state index contributed by atoms with van der Waals surface area (Å²) in [6.45, 7) is 4.87. The first-order valence-corrected chi connectivity index (χ1v) is 8.82. The molecule has 0 aromatic heterocycles. The third-order valence-electron chi connectivity index (χ3n) is 5.33. The summed E-state index contributed by atoms with van der Waals surface area (Å²) in [5, 5.41) is 12.7. The molecule has 2 fully saturated rings. The van der Waals surface area contributed by atoms with Crippen molar-refractivity contribution in [1.29, 1.82) is 0 Å². The predicted molar refractivity (Wildman–Crippen MR) is 94.4 cm³/mol. The molecule has 24 heavy (non-hydrogen) atoms. The van der Waals surface area contributed by atoms with Gasteiger partial charge in [0.15, 0.2) is 0 Å². The summed E-state index contributed by atoms with van der Waals surface area (Å²) in [7, 11) is 0. The maximum absolute atomic E-state index is 10.3. The molecule has 2 aromatic rings. The van der Waals surface area contributed by atoms with Crippen LogP contribution >= 0.6 is 0 Å². The van der Waals surface area contributed by atoms with Gasteiger partial charge in [-0.05, 0) is 42.3 Å². The maximum atomic E-state index is 10.3. The van der Waals surface area contributed by atoms with E-state index in [4.69, 9.17) is 9.47 Å². The van der Waals surface area contributed by atoms with Crippen LogP contribution in [0.4, 0.5) is 0 Å². The molecule has 0 aliphatic carbocycles. The molecule has 1 spiro atoms. The highest BCUT2D eigenvalue weighted by Crippen LogP contribution is 2.38. The van der Waals surface area contributed by atoms with Crippen molar-refractivity contribution < 1.29 is 14.6 Å². The number of rotatable bonds is 5. The number of aliphatic hydroxyl groups is 1. The second-order valence-electron chi connectivity index (χ2n) is 7.26. The number of likely N-dealkylation sites (tertiary alicyclic amines) is 1. The summed E-state index contributed by atoms with van der Waals surface area (Å²) >= 11 is 0. The lowest BCUT2D eigenvalue weighted by molar-refractivity contribution is 0.0705. The Morgan fingerprint density at radius 2 is 2.04 bits per heavy atom. The van der Waals surface area contributed by atoms with Crippen LogP contribution in [0.2, 0.25) is 0 Å². The first-order chi connectivity index (χ1) is 11.7. The Morgan fingerprint density at radius 1 is 1.17 bits per heavy atom. The van der Waals surface area contributed by atoms with Crippen LogP contribution in [0.15, 0.2) is 42.5 Å². The lowest BCUT2D eigenvalue weighted by Crippen LogP contribution is -2.36. The largest absolute Gasteiger partial charge is 0.491 e. The van der Waals surface area contributed by atoms with Crippen LogP contribution in [0, 0.1) is 5.41 Å². The Balaban J connectivity index is 1.29. The van der Waals surface area contributed by atoms with Crippen molar-refractivity contribution in [3.8, 4) is 5.75 Å². The molecule has 2 unspecified atom stereocenters. The third kappa shape index (κ3) is 3.41. The van der Waals surface area contributed by atoms with E-state index in [1.54, 1.807) is 0 Å². The minimum absolute atomic E-state index is 0.332. The minimum atomic E-state index is -0.464. The molecule has 0 amide bonds. The van der Waals surface area contributed by atoms with Crippen LogP contribution < -0.4 is 4.74 Å². The fraction of sp³-hybridized carbons (Fsp3) is 0.500. The maximum Gasteiger partial charge on any atom is 0.120 e. The van der Waals surface area contributed by atoms with Gasteiger partial charge in [0.1, 0.15) is 18.5 Å². The SMILES string of the molecule is OC(COc1ccc2ccccc2c1)CN1CCC2(CCOC2)C1. The second-order valence-corrected chi connectivity index (χ2v) is 7.26. The number of hydrogen-bond donors (Lipinski definition) is 1. The topological polar surface area (TPSA) is 41.9 Å². The summed E-state index contributed by atoms with van der Waals surface area (Å²) in [6.07, 6.45) is 1.88. The first-order valence-electron chi connectivity index (χ1n) is 8.82. The number of nitrogens with zero attached hydrogens (tertiary/aromatic N) is 1. The lowest BCUT2D eigenvalue weighted by Gasteiger charge is -2.23. The zero-order valence-electron chi connectivity index (χ0n) is 14.0. The van der Waals surface area contributed by atoms with Crippen molar-refractivity contribution in [1.82, 2.24) is 4.90 Å². The molecule has 2 saturated heterocycles. The smallest absolute Gasteiger partial charge is 0.120 e. The van der Waals surface area contributed by atoms with Gasteiger partial charge in [-0.2, -0.15) is 0 Å². The molecule has 2 aromatic carbocycles. The average molecular weight is 327 g/mol. The van der Waals surface area contributed by atoms with E-state index in [1.807, 2.05) is 24.3 Å². The van der Waals surface area contributed by atoms with Gasteiger partial charge in [-0.1, -0.05) is 30.3 Å². The highest BCUT2D eigenvalue weighted by molar-refractivity contribution is 5.83. The Kier molecular flexibility index (Phi) is 4.44. The molecule has 4 nitrogen and oxygen atoms in total. The van der Waals surface area contributed by atoms with Crippen molar-refractivity contribution in [3.63, 3.8) is 0 Å². The van der Waals surface area contributed by atoms with Crippen LogP contribution in [0.5, 0.6) is 5.75 Å². The van der Waals surface area contributed by atoms with Crippen molar-refractivity contribution in [2.24, 2.45) is 5.41 Å². The zero-order valence-corrected chi connectivity index (χ0v) is 14.0. The number of fused-ring (bicyclic) bond motifs is 1. The summed E-state index contributed by atoms with van der Waals surface area (Å²) in [5.41, 5.74) is 0.346.